The van der Waals surface area contributed by atoms with Crippen molar-refractivity contribution < 1.29 is 4.79 Å². The van der Waals surface area contributed by atoms with Gasteiger partial charge in [-0.05, 0) is 26.0 Å². The van der Waals surface area contributed by atoms with Crippen LogP contribution in [-0.2, 0) is 0 Å². The first-order valence-electron chi connectivity index (χ1n) is 5.09. The largest absolute Gasteiger partial charge is 0.355 e. The predicted octanol–water partition coefficient (Wildman–Crippen LogP) is 1.61. The van der Waals surface area contributed by atoms with E-state index in [0.717, 1.165) is 16.9 Å². The highest BCUT2D eigenvalue weighted by Gasteiger charge is 2.11. The Morgan fingerprint density at radius 3 is 2.56 bits per heavy atom. The molecular weight excluding hydrogens is 202 g/mol. The Kier molecular flexibility index (Phi) is 2.56. The summed E-state index contributed by atoms with van der Waals surface area (Å²) >= 11 is 0. The molecule has 1 N–H and O–H groups in total. The summed E-state index contributed by atoms with van der Waals surface area (Å²) in [4.78, 5) is 20.5. The molecule has 4 nitrogen and oxygen atoms in total. The van der Waals surface area contributed by atoms with E-state index in [1.165, 1.54) is 0 Å². The van der Waals surface area contributed by atoms with Gasteiger partial charge in [-0.1, -0.05) is 6.07 Å². The van der Waals surface area contributed by atoms with Gasteiger partial charge in [0.15, 0.2) is 0 Å². The highest BCUT2D eigenvalue weighted by atomic mass is 16.1. The normalized spacial score (nSPS) is 10.4. The van der Waals surface area contributed by atoms with Crippen molar-refractivity contribution in [3.63, 3.8) is 0 Å². The summed E-state index contributed by atoms with van der Waals surface area (Å²) in [6.45, 7) is 3.80. The molecule has 1 amide bonds. The molecule has 0 radical (unpaired) electrons. The molecule has 0 saturated heterocycles. The van der Waals surface area contributed by atoms with Crippen molar-refractivity contribution in [1.29, 1.82) is 0 Å². The molecule has 0 atom stereocenters. The Morgan fingerprint density at radius 2 is 1.88 bits per heavy atom. The third-order valence-electron chi connectivity index (χ3n) is 2.58. The average Bonchev–Trinajstić information content (AvgIpc) is 2.29. The van der Waals surface area contributed by atoms with Crippen molar-refractivity contribution in [3.05, 3.63) is 35.2 Å². The van der Waals surface area contributed by atoms with Crippen molar-refractivity contribution in [2.24, 2.45) is 0 Å². The number of hydrogen-bond acceptors (Lipinski definition) is 3. The predicted molar refractivity (Wildman–Crippen MR) is 62.4 cm³/mol. The zero-order valence-corrected chi connectivity index (χ0v) is 9.53. The van der Waals surface area contributed by atoms with Crippen LogP contribution < -0.4 is 5.32 Å². The van der Waals surface area contributed by atoms with Gasteiger partial charge in [0.25, 0.3) is 5.91 Å². The molecule has 1 aromatic heterocycles. The summed E-state index contributed by atoms with van der Waals surface area (Å²) in [5.41, 5.74) is 3.72. The van der Waals surface area contributed by atoms with Crippen LogP contribution in [0.1, 0.15) is 21.7 Å². The highest BCUT2D eigenvalue weighted by molar-refractivity contribution is 6.04. The van der Waals surface area contributed by atoms with Crippen LogP contribution in [0.2, 0.25) is 0 Å². The summed E-state index contributed by atoms with van der Waals surface area (Å²) in [6.07, 6.45) is 0. The molecule has 0 aliphatic rings. The Hall–Kier alpha value is -1.97. The molecule has 4 heteroatoms. The second-order valence-corrected chi connectivity index (χ2v) is 3.65. The van der Waals surface area contributed by atoms with E-state index in [4.69, 9.17) is 0 Å². The maximum Gasteiger partial charge on any atom is 0.253 e. The summed E-state index contributed by atoms with van der Waals surface area (Å²) in [5, 5.41) is 2.60. The van der Waals surface area contributed by atoms with Crippen molar-refractivity contribution in [1.82, 2.24) is 15.3 Å². The third kappa shape index (κ3) is 1.62. The summed E-state index contributed by atoms with van der Waals surface area (Å²) in [5.74, 6) is -0.136. The minimum atomic E-state index is -0.136. The van der Waals surface area contributed by atoms with Gasteiger partial charge in [0, 0.05) is 7.05 Å². The lowest BCUT2D eigenvalue weighted by molar-refractivity contribution is 0.0964. The Bertz CT molecular complexity index is 563. The molecule has 2 aromatic rings. The number of fused-ring (bicyclic) bond motifs is 1. The Morgan fingerprint density at radius 1 is 1.19 bits per heavy atom. The first-order chi connectivity index (χ1) is 7.63. The molecule has 1 aromatic carbocycles. The van der Waals surface area contributed by atoms with Gasteiger partial charge in [-0.3, -0.25) is 4.79 Å². The zero-order valence-electron chi connectivity index (χ0n) is 9.53. The quantitative estimate of drug-likeness (QED) is 0.786. The van der Waals surface area contributed by atoms with Crippen LogP contribution in [0.25, 0.3) is 11.0 Å². The van der Waals surface area contributed by atoms with E-state index in [2.05, 4.69) is 15.3 Å². The van der Waals surface area contributed by atoms with Gasteiger partial charge in [-0.2, -0.15) is 0 Å². The molecule has 0 unspecified atom stereocenters. The molecule has 2 rings (SSSR count). The SMILES string of the molecule is CNC(=O)c1cccc2nc(C)c(C)nc12. The fourth-order valence-corrected chi connectivity index (χ4v) is 1.57. The number of nitrogens with zero attached hydrogens (tertiary/aromatic N) is 2. The molecule has 0 bridgehead atoms. The van der Waals surface area contributed by atoms with Crippen molar-refractivity contribution >= 4 is 16.9 Å². The van der Waals surface area contributed by atoms with E-state index in [-0.39, 0.29) is 5.91 Å². The van der Waals surface area contributed by atoms with E-state index in [1.54, 1.807) is 13.1 Å². The molecule has 1 heterocycles. The van der Waals surface area contributed by atoms with Crippen molar-refractivity contribution in [3.8, 4) is 0 Å². The van der Waals surface area contributed by atoms with Crippen LogP contribution in [-0.4, -0.2) is 22.9 Å². The standard InChI is InChI=1S/C12H13N3O/c1-7-8(2)15-11-9(12(16)13-3)5-4-6-10(11)14-7/h4-6H,1-3H3,(H,13,16). The van der Waals surface area contributed by atoms with Gasteiger partial charge < -0.3 is 5.32 Å². The number of rotatable bonds is 1. The first kappa shape index (κ1) is 10.5. The van der Waals surface area contributed by atoms with E-state index in [0.29, 0.717) is 11.1 Å². The molecule has 0 aliphatic heterocycles. The smallest absolute Gasteiger partial charge is 0.253 e. The maximum absolute atomic E-state index is 11.6. The van der Waals surface area contributed by atoms with Gasteiger partial charge in [0.2, 0.25) is 0 Å². The van der Waals surface area contributed by atoms with Crippen molar-refractivity contribution in [2.75, 3.05) is 7.05 Å². The third-order valence-corrected chi connectivity index (χ3v) is 2.58. The van der Waals surface area contributed by atoms with E-state index in [9.17, 15) is 4.79 Å². The van der Waals surface area contributed by atoms with Gasteiger partial charge in [-0.15, -0.1) is 0 Å². The number of benzene rings is 1. The molecule has 0 fully saturated rings. The molecule has 0 aliphatic carbocycles. The van der Waals surface area contributed by atoms with E-state index < -0.39 is 0 Å². The number of carbonyl (C=O) groups is 1. The van der Waals surface area contributed by atoms with Crippen LogP contribution in [0.5, 0.6) is 0 Å². The van der Waals surface area contributed by atoms with E-state index in [1.807, 2.05) is 26.0 Å². The van der Waals surface area contributed by atoms with Crippen LogP contribution in [0.15, 0.2) is 18.2 Å². The highest BCUT2D eigenvalue weighted by Crippen LogP contribution is 2.16. The number of hydrogen-bond donors (Lipinski definition) is 1. The molecule has 16 heavy (non-hydrogen) atoms. The van der Waals surface area contributed by atoms with Crippen molar-refractivity contribution in [2.45, 2.75) is 13.8 Å². The van der Waals surface area contributed by atoms with Crippen LogP contribution in [0.3, 0.4) is 0 Å². The van der Waals surface area contributed by atoms with E-state index >= 15 is 0 Å². The lowest BCUT2D eigenvalue weighted by Crippen LogP contribution is -2.18. The maximum atomic E-state index is 11.6. The Balaban J connectivity index is 2.77. The number of nitrogens with one attached hydrogen (secondary N) is 1. The first-order valence-corrected chi connectivity index (χ1v) is 5.09. The lowest BCUT2D eigenvalue weighted by atomic mass is 10.1. The summed E-state index contributed by atoms with van der Waals surface area (Å²) in [6, 6.07) is 5.43. The average molecular weight is 215 g/mol. The topological polar surface area (TPSA) is 54.9 Å². The molecule has 0 spiro atoms. The second kappa shape index (κ2) is 3.89. The van der Waals surface area contributed by atoms with Crippen LogP contribution >= 0.6 is 0 Å². The number of para-hydroxylation sites is 1. The Labute approximate surface area is 93.7 Å². The number of amides is 1. The number of aryl methyl sites for hydroxylation is 2. The van der Waals surface area contributed by atoms with Gasteiger partial charge in [-0.25, -0.2) is 9.97 Å². The fourth-order valence-electron chi connectivity index (χ4n) is 1.57. The van der Waals surface area contributed by atoms with Gasteiger partial charge in [0.1, 0.15) is 5.52 Å². The second-order valence-electron chi connectivity index (χ2n) is 3.65. The lowest BCUT2D eigenvalue weighted by Gasteiger charge is -2.06. The molecule has 0 saturated carbocycles. The minimum absolute atomic E-state index is 0.136. The summed E-state index contributed by atoms with van der Waals surface area (Å²) < 4.78 is 0. The number of carbonyl (C=O) groups excluding carboxylic acids is 1. The fraction of sp³-hybridized carbons (Fsp3) is 0.250. The zero-order chi connectivity index (χ0) is 11.7. The van der Waals surface area contributed by atoms with Crippen LogP contribution in [0.4, 0.5) is 0 Å². The number of aromatic nitrogens is 2. The van der Waals surface area contributed by atoms with Gasteiger partial charge >= 0.3 is 0 Å². The van der Waals surface area contributed by atoms with Gasteiger partial charge in [0.05, 0.1) is 22.5 Å². The van der Waals surface area contributed by atoms with Crippen LogP contribution in [0, 0.1) is 13.8 Å². The minimum Gasteiger partial charge on any atom is -0.355 e. The summed E-state index contributed by atoms with van der Waals surface area (Å²) in [7, 11) is 1.61. The molecular formula is C12H13N3O. The monoisotopic (exact) mass is 215 g/mol. The molecule has 82 valence electrons.